The van der Waals surface area contributed by atoms with Crippen molar-refractivity contribution in [3.05, 3.63) is 33.5 Å². The maximum Gasteiger partial charge on any atom is 0.229 e. The van der Waals surface area contributed by atoms with Crippen LogP contribution in [-0.4, -0.2) is 54.9 Å². The van der Waals surface area contributed by atoms with Gasteiger partial charge in [0.1, 0.15) is 11.6 Å². The molecule has 3 aromatic heterocycles. The molecule has 30 heavy (non-hydrogen) atoms. The molecule has 0 saturated heterocycles. The van der Waals surface area contributed by atoms with Crippen LogP contribution in [-0.2, 0) is 4.79 Å². The number of carbonyl (C=O) groups excluding carboxylic acids is 1. The average Bonchev–Trinajstić information content (AvgIpc) is 2.98. The number of thiophene rings is 1. The van der Waals surface area contributed by atoms with Crippen LogP contribution in [0.2, 0.25) is 4.34 Å². The molecule has 5 atom stereocenters. The smallest absolute Gasteiger partial charge is 0.229 e. The third-order valence-corrected chi connectivity index (χ3v) is 7.11. The fourth-order valence-corrected chi connectivity index (χ4v) is 5.39. The summed E-state index contributed by atoms with van der Waals surface area (Å²) < 4.78 is 2.29. The van der Waals surface area contributed by atoms with E-state index >= 15 is 0 Å². The number of aliphatic hydroxyl groups is 2. The van der Waals surface area contributed by atoms with Crippen molar-refractivity contribution in [1.82, 2.24) is 24.8 Å². The Labute approximate surface area is 179 Å². The molecule has 2 saturated carbocycles. The summed E-state index contributed by atoms with van der Waals surface area (Å²) in [6.45, 7) is 0. The number of carbonyl (C=O) groups is 1. The quantitative estimate of drug-likeness (QED) is 0.423. The Bertz CT molecular complexity index is 1250. The zero-order valence-corrected chi connectivity index (χ0v) is 17.3. The van der Waals surface area contributed by atoms with Crippen LogP contribution in [0, 0.1) is 23.2 Å². The minimum atomic E-state index is -1.17. The molecule has 2 unspecified atom stereocenters. The largest absolute Gasteiger partial charge is 0.389 e. The number of halogens is 1. The van der Waals surface area contributed by atoms with E-state index < -0.39 is 23.7 Å². The first-order valence-corrected chi connectivity index (χ1v) is 10.4. The van der Waals surface area contributed by atoms with Crippen LogP contribution in [0.4, 0.5) is 5.82 Å². The minimum absolute atomic E-state index is 0.161. The molecule has 2 fully saturated rings. The molecule has 5 rings (SSSR count). The molecule has 9 nitrogen and oxygen atoms in total. The van der Waals surface area contributed by atoms with E-state index in [-0.39, 0.29) is 23.5 Å². The fourth-order valence-electron chi connectivity index (χ4n) is 4.50. The van der Waals surface area contributed by atoms with Crippen LogP contribution in [0.15, 0.2) is 18.5 Å². The van der Waals surface area contributed by atoms with Crippen LogP contribution in [0.1, 0.15) is 23.2 Å². The third kappa shape index (κ3) is 2.63. The Morgan fingerprint density at radius 1 is 1.40 bits per heavy atom. The summed E-state index contributed by atoms with van der Waals surface area (Å²) in [4.78, 5) is 26.1. The van der Waals surface area contributed by atoms with Gasteiger partial charge in [-0.3, -0.25) is 4.79 Å². The topological polar surface area (TPSA) is 139 Å². The summed E-state index contributed by atoms with van der Waals surface area (Å²) in [7, 11) is 1.52. The minimum Gasteiger partial charge on any atom is -0.389 e. The van der Waals surface area contributed by atoms with E-state index in [9.17, 15) is 15.0 Å². The molecule has 0 spiro atoms. The van der Waals surface area contributed by atoms with Crippen molar-refractivity contribution in [1.29, 1.82) is 0 Å². The molecule has 1 amide bonds. The number of nitrogens with two attached hydrogens (primary N) is 1. The number of nitrogen functional groups attached to an aromatic ring is 1. The second-order valence-electron chi connectivity index (χ2n) is 7.47. The van der Waals surface area contributed by atoms with Crippen LogP contribution in [0.25, 0.3) is 11.2 Å². The third-order valence-electron chi connectivity index (χ3n) is 5.96. The molecule has 5 N–H and O–H groups in total. The van der Waals surface area contributed by atoms with Gasteiger partial charge in [0, 0.05) is 13.0 Å². The first-order chi connectivity index (χ1) is 14.4. The first kappa shape index (κ1) is 19.3. The average molecular weight is 445 g/mol. The van der Waals surface area contributed by atoms with E-state index in [1.807, 2.05) is 0 Å². The Morgan fingerprint density at radius 2 is 2.20 bits per heavy atom. The highest BCUT2D eigenvalue weighted by Gasteiger charge is 2.75. The van der Waals surface area contributed by atoms with Gasteiger partial charge in [0.25, 0.3) is 0 Å². The van der Waals surface area contributed by atoms with Crippen molar-refractivity contribution in [2.45, 2.75) is 24.7 Å². The van der Waals surface area contributed by atoms with E-state index in [1.165, 1.54) is 24.7 Å². The highest BCUT2D eigenvalue weighted by atomic mass is 35.5. The summed E-state index contributed by atoms with van der Waals surface area (Å²) in [6.07, 6.45) is -0.337. The van der Waals surface area contributed by atoms with Gasteiger partial charge >= 0.3 is 0 Å². The van der Waals surface area contributed by atoms with Crippen molar-refractivity contribution in [2.24, 2.45) is 11.3 Å². The fraction of sp³-hybridized carbons (Fsp3) is 0.368. The number of imidazole rings is 1. The lowest BCUT2D eigenvalue weighted by molar-refractivity contribution is -0.132. The van der Waals surface area contributed by atoms with Crippen molar-refractivity contribution in [3.63, 3.8) is 0 Å². The van der Waals surface area contributed by atoms with Gasteiger partial charge in [0.2, 0.25) is 11.7 Å². The van der Waals surface area contributed by atoms with E-state index in [4.69, 9.17) is 17.3 Å². The maximum atomic E-state index is 12.4. The highest BCUT2D eigenvalue weighted by Crippen LogP contribution is 2.67. The monoisotopic (exact) mass is 444 g/mol. The number of hydrogen-bond acceptors (Lipinski definition) is 8. The van der Waals surface area contributed by atoms with E-state index in [0.717, 1.165) is 4.88 Å². The van der Waals surface area contributed by atoms with Crippen LogP contribution < -0.4 is 11.1 Å². The summed E-state index contributed by atoms with van der Waals surface area (Å²) in [5.41, 5.74) is 5.83. The van der Waals surface area contributed by atoms with Gasteiger partial charge in [-0.25, -0.2) is 15.0 Å². The van der Waals surface area contributed by atoms with Gasteiger partial charge in [-0.2, -0.15) is 0 Å². The number of fused-ring (bicyclic) bond motifs is 2. The molecule has 11 heteroatoms. The zero-order valence-electron chi connectivity index (χ0n) is 15.7. The second-order valence-corrected chi connectivity index (χ2v) is 9.18. The Balaban J connectivity index is 1.56. The summed E-state index contributed by atoms with van der Waals surface area (Å²) in [6, 6.07) is 2.99. The number of aliphatic hydroxyl groups excluding tert-OH is 2. The van der Waals surface area contributed by atoms with Gasteiger partial charge < -0.3 is 25.8 Å². The predicted molar refractivity (Wildman–Crippen MR) is 111 cm³/mol. The van der Waals surface area contributed by atoms with Gasteiger partial charge in [-0.1, -0.05) is 11.6 Å². The number of rotatable bonds is 2. The number of aromatic nitrogens is 4. The molecule has 3 aromatic rings. The molecule has 2 aliphatic rings. The summed E-state index contributed by atoms with van der Waals surface area (Å²) >= 11 is 7.27. The van der Waals surface area contributed by atoms with Crippen LogP contribution in [0.3, 0.4) is 0 Å². The van der Waals surface area contributed by atoms with E-state index in [0.29, 0.717) is 21.9 Å². The molecule has 154 valence electrons. The molecule has 2 aliphatic carbocycles. The van der Waals surface area contributed by atoms with E-state index in [1.54, 1.807) is 16.7 Å². The van der Waals surface area contributed by atoms with Crippen molar-refractivity contribution in [3.8, 4) is 11.8 Å². The SMILES string of the molecule is CNC(=O)[C@]12CC1[C@@H](n1cnc3c(N)nc(C#Cc4ccc(Cl)s4)nc31)C(O)[C@@H]2O. The number of amides is 1. The molecule has 0 aliphatic heterocycles. The van der Waals surface area contributed by atoms with E-state index in [2.05, 4.69) is 32.1 Å². The first-order valence-electron chi connectivity index (χ1n) is 9.22. The molecule has 0 radical (unpaired) electrons. The Morgan fingerprint density at radius 3 is 2.90 bits per heavy atom. The lowest BCUT2D eigenvalue weighted by atomic mass is 9.98. The van der Waals surface area contributed by atoms with Gasteiger partial charge in [0.15, 0.2) is 11.5 Å². The Kier molecular flexibility index (Phi) is 4.27. The summed E-state index contributed by atoms with van der Waals surface area (Å²) in [5.74, 6) is 5.67. The maximum absolute atomic E-state index is 12.4. The zero-order chi connectivity index (χ0) is 21.2. The highest BCUT2D eigenvalue weighted by molar-refractivity contribution is 7.16. The molecule has 3 heterocycles. The normalized spacial score (nSPS) is 29.3. The van der Waals surface area contributed by atoms with Crippen molar-refractivity contribution >= 4 is 45.8 Å². The number of anilines is 1. The number of nitrogens with zero attached hydrogens (tertiary/aromatic N) is 4. The lowest BCUT2D eigenvalue weighted by Gasteiger charge is -2.23. The Hall–Kier alpha value is -2.71. The number of nitrogens with one attached hydrogen (secondary N) is 1. The number of hydrogen-bond donors (Lipinski definition) is 4. The van der Waals surface area contributed by atoms with Crippen molar-refractivity contribution < 1.29 is 15.0 Å². The van der Waals surface area contributed by atoms with Crippen molar-refractivity contribution in [2.75, 3.05) is 12.8 Å². The van der Waals surface area contributed by atoms with Crippen LogP contribution >= 0.6 is 22.9 Å². The predicted octanol–water partition coefficient (Wildman–Crippen LogP) is 0.552. The van der Waals surface area contributed by atoms with Gasteiger partial charge in [-0.05, 0) is 30.4 Å². The standard InChI is InChI=1S/C19H17ClN6O3S/c1-22-18(29)19-6-9(19)13(14(27)15(19)28)26-7-23-12-16(21)24-11(25-17(12)26)5-3-8-2-4-10(20)30-8/h2,4,7,9,13-15,27-28H,6H2,1H3,(H,22,29)(H2,21,24,25)/t9?,13-,14?,15+,19-/m1/s1. The van der Waals surface area contributed by atoms with Gasteiger partial charge in [0.05, 0.1) is 33.1 Å². The lowest BCUT2D eigenvalue weighted by Crippen LogP contribution is -2.41. The van der Waals surface area contributed by atoms with Crippen LogP contribution in [0.5, 0.6) is 0 Å². The molecular formula is C19H17ClN6O3S. The molecular weight excluding hydrogens is 428 g/mol. The summed E-state index contributed by atoms with van der Waals surface area (Å²) in [5, 5.41) is 23.9. The molecule has 0 aromatic carbocycles. The second kappa shape index (κ2) is 6.65. The van der Waals surface area contributed by atoms with Gasteiger partial charge in [-0.15, -0.1) is 11.3 Å². The molecule has 0 bridgehead atoms.